The van der Waals surface area contributed by atoms with Gasteiger partial charge in [0.2, 0.25) is 21.8 Å². The van der Waals surface area contributed by atoms with Gasteiger partial charge < -0.3 is 15.0 Å². The van der Waals surface area contributed by atoms with Gasteiger partial charge in [-0.05, 0) is 42.3 Å². The van der Waals surface area contributed by atoms with Crippen molar-refractivity contribution in [3.05, 3.63) is 95.6 Å². The monoisotopic (exact) mass is 523 g/mol. The van der Waals surface area contributed by atoms with Gasteiger partial charge >= 0.3 is 0 Å². The van der Waals surface area contributed by atoms with E-state index in [0.29, 0.717) is 11.4 Å². The van der Waals surface area contributed by atoms with Gasteiger partial charge in [0, 0.05) is 20.0 Å². The number of benzene rings is 3. The molecule has 9 heteroatoms. The Morgan fingerprint density at radius 2 is 1.59 bits per heavy atom. The van der Waals surface area contributed by atoms with Gasteiger partial charge in [0.25, 0.3) is 0 Å². The van der Waals surface area contributed by atoms with Gasteiger partial charge in [0.1, 0.15) is 18.3 Å². The van der Waals surface area contributed by atoms with Crippen LogP contribution in [0.5, 0.6) is 5.75 Å². The van der Waals surface area contributed by atoms with Crippen LogP contribution in [0.1, 0.15) is 16.7 Å². The third kappa shape index (κ3) is 7.57. The molecule has 3 aromatic rings. The number of carbonyl (C=O) groups is 2. The fraction of sp³-hybridized carbons (Fsp3) is 0.286. The Bertz CT molecular complexity index is 1310. The number of carbonyl (C=O) groups excluding carboxylic acids is 2. The van der Waals surface area contributed by atoms with Gasteiger partial charge in [-0.1, -0.05) is 60.2 Å². The Kier molecular flexibility index (Phi) is 9.30. The van der Waals surface area contributed by atoms with Crippen LogP contribution in [0.3, 0.4) is 0 Å². The Labute approximate surface area is 218 Å². The highest BCUT2D eigenvalue weighted by atomic mass is 32.2. The molecule has 0 heterocycles. The molecule has 0 spiro atoms. The Morgan fingerprint density at radius 1 is 0.946 bits per heavy atom. The van der Waals surface area contributed by atoms with Crippen LogP contribution in [0.2, 0.25) is 0 Å². The topological polar surface area (TPSA) is 96.0 Å². The number of aryl methyl sites for hydroxylation is 1. The number of anilines is 1. The molecule has 0 fully saturated rings. The predicted molar refractivity (Wildman–Crippen MR) is 145 cm³/mol. The number of sulfonamides is 1. The van der Waals surface area contributed by atoms with Crippen molar-refractivity contribution in [2.24, 2.45) is 0 Å². The summed E-state index contributed by atoms with van der Waals surface area (Å²) in [6, 6.07) is 22.7. The lowest BCUT2D eigenvalue weighted by atomic mass is 10.0. The molecule has 196 valence electrons. The van der Waals surface area contributed by atoms with E-state index >= 15 is 0 Å². The molecular formula is C28H33N3O5S. The zero-order valence-corrected chi connectivity index (χ0v) is 22.4. The van der Waals surface area contributed by atoms with Crippen molar-refractivity contribution in [3.8, 4) is 5.75 Å². The SMILES string of the molecule is CNC(=O)[C@@H](Cc1ccccc1)N(Cc1cccc(C)c1)C(=O)CN(c1ccc(OC)cc1)S(C)(=O)=O. The van der Waals surface area contributed by atoms with E-state index in [9.17, 15) is 18.0 Å². The van der Waals surface area contributed by atoms with Gasteiger partial charge in [-0.15, -0.1) is 0 Å². The van der Waals surface area contributed by atoms with E-state index in [1.807, 2.05) is 61.5 Å². The van der Waals surface area contributed by atoms with E-state index in [4.69, 9.17) is 4.74 Å². The smallest absolute Gasteiger partial charge is 0.244 e. The van der Waals surface area contributed by atoms with E-state index in [-0.39, 0.29) is 18.9 Å². The number of methoxy groups -OCH3 is 1. The lowest BCUT2D eigenvalue weighted by Gasteiger charge is -2.33. The molecule has 3 aromatic carbocycles. The second-order valence-electron chi connectivity index (χ2n) is 8.80. The van der Waals surface area contributed by atoms with E-state index in [2.05, 4.69) is 5.32 Å². The van der Waals surface area contributed by atoms with Crippen LogP contribution >= 0.6 is 0 Å². The van der Waals surface area contributed by atoms with Gasteiger partial charge in [0.15, 0.2) is 0 Å². The number of ether oxygens (including phenoxy) is 1. The zero-order chi connectivity index (χ0) is 27.0. The molecule has 2 amide bonds. The van der Waals surface area contributed by atoms with Crippen molar-refractivity contribution in [1.82, 2.24) is 10.2 Å². The summed E-state index contributed by atoms with van der Waals surface area (Å²) in [5, 5.41) is 2.67. The third-order valence-corrected chi connectivity index (χ3v) is 7.13. The first-order chi connectivity index (χ1) is 17.6. The number of nitrogens with zero attached hydrogens (tertiary/aromatic N) is 2. The molecule has 0 aliphatic heterocycles. The van der Waals surface area contributed by atoms with Crippen molar-refractivity contribution in [1.29, 1.82) is 0 Å². The van der Waals surface area contributed by atoms with E-state index in [1.54, 1.807) is 24.3 Å². The molecule has 3 rings (SSSR count). The quantitative estimate of drug-likeness (QED) is 0.417. The van der Waals surface area contributed by atoms with Crippen LogP contribution in [0, 0.1) is 6.92 Å². The van der Waals surface area contributed by atoms with Crippen LogP contribution in [-0.2, 0) is 32.6 Å². The minimum atomic E-state index is -3.81. The van der Waals surface area contributed by atoms with Crippen molar-refractivity contribution in [2.75, 3.05) is 31.3 Å². The van der Waals surface area contributed by atoms with Crippen LogP contribution < -0.4 is 14.4 Å². The second kappa shape index (κ2) is 12.4. The minimum Gasteiger partial charge on any atom is -0.497 e. The fourth-order valence-electron chi connectivity index (χ4n) is 4.09. The molecule has 0 aliphatic carbocycles. The molecule has 8 nitrogen and oxygen atoms in total. The summed E-state index contributed by atoms with van der Waals surface area (Å²) in [5.41, 5.74) is 3.06. The highest BCUT2D eigenvalue weighted by molar-refractivity contribution is 7.92. The molecule has 1 atom stereocenters. The van der Waals surface area contributed by atoms with E-state index in [0.717, 1.165) is 27.3 Å². The standard InChI is InChI=1S/C28H33N3O5S/c1-21-9-8-12-23(17-21)19-30(26(28(33)29-2)18-22-10-6-5-7-11-22)27(32)20-31(37(4,34)35)24-13-15-25(36-3)16-14-24/h5-17,26H,18-20H2,1-4H3,(H,29,33)/t26-/m1/s1. The zero-order valence-electron chi connectivity index (χ0n) is 21.5. The van der Waals surface area contributed by atoms with Gasteiger partial charge in [-0.3, -0.25) is 13.9 Å². The fourth-order valence-corrected chi connectivity index (χ4v) is 4.94. The summed E-state index contributed by atoms with van der Waals surface area (Å²) in [6.07, 6.45) is 1.33. The first-order valence-corrected chi connectivity index (χ1v) is 13.7. The number of rotatable bonds is 11. The summed E-state index contributed by atoms with van der Waals surface area (Å²) < 4.78 is 31.7. The maximum atomic E-state index is 13.9. The average Bonchev–Trinajstić information content (AvgIpc) is 2.88. The number of hydrogen-bond donors (Lipinski definition) is 1. The molecule has 0 saturated heterocycles. The maximum Gasteiger partial charge on any atom is 0.244 e. The summed E-state index contributed by atoms with van der Waals surface area (Å²) in [6.45, 7) is 1.63. The maximum absolute atomic E-state index is 13.9. The molecule has 37 heavy (non-hydrogen) atoms. The van der Waals surface area contributed by atoms with E-state index < -0.39 is 28.5 Å². The van der Waals surface area contributed by atoms with Crippen molar-refractivity contribution in [2.45, 2.75) is 25.9 Å². The molecule has 0 unspecified atom stereocenters. The van der Waals surface area contributed by atoms with Crippen molar-refractivity contribution < 1.29 is 22.7 Å². The molecular weight excluding hydrogens is 490 g/mol. The van der Waals surface area contributed by atoms with Crippen molar-refractivity contribution in [3.63, 3.8) is 0 Å². The largest absolute Gasteiger partial charge is 0.497 e. The minimum absolute atomic E-state index is 0.144. The molecule has 0 bridgehead atoms. The molecule has 0 aromatic heterocycles. The molecule has 0 saturated carbocycles. The highest BCUT2D eigenvalue weighted by Crippen LogP contribution is 2.23. The second-order valence-corrected chi connectivity index (χ2v) is 10.7. The highest BCUT2D eigenvalue weighted by Gasteiger charge is 2.32. The summed E-state index contributed by atoms with van der Waals surface area (Å²) in [4.78, 5) is 28.4. The summed E-state index contributed by atoms with van der Waals surface area (Å²) in [5.74, 6) is -0.264. The Morgan fingerprint density at radius 3 is 2.16 bits per heavy atom. The van der Waals surface area contributed by atoms with Gasteiger partial charge in [0.05, 0.1) is 19.1 Å². The Hall–Kier alpha value is -3.85. The van der Waals surface area contributed by atoms with Crippen LogP contribution in [0.4, 0.5) is 5.69 Å². The lowest BCUT2D eigenvalue weighted by Crippen LogP contribution is -2.52. The normalized spacial score (nSPS) is 11.9. The third-order valence-electron chi connectivity index (χ3n) is 5.99. The lowest BCUT2D eigenvalue weighted by molar-refractivity contribution is -0.139. The first kappa shape index (κ1) is 27.7. The van der Waals surface area contributed by atoms with Crippen LogP contribution in [0.15, 0.2) is 78.9 Å². The number of amides is 2. The first-order valence-electron chi connectivity index (χ1n) is 11.8. The van der Waals surface area contributed by atoms with Crippen LogP contribution in [-0.4, -0.2) is 58.1 Å². The molecule has 1 N–H and O–H groups in total. The summed E-state index contributed by atoms with van der Waals surface area (Å²) in [7, 11) is -0.772. The number of nitrogens with one attached hydrogen (secondary N) is 1. The van der Waals surface area contributed by atoms with E-state index in [1.165, 1.54) is 19.1 Å². The number of hydrogen-bond acceptors (Lipinski definition) is 5. The molecule has 0 radical (unpaired) electrons. The molecule has 0 aliphatic rings. The summed E-state index contributed by atoms with van der Waals surface area (Å²) >= 11 is 0. The van der Waals surface area contributed by atoms with Crippen molar-refractivity contribution >= 4 is 27.5 Å². The van der Waals surface area contributed by atoms with Gasteiger partial charge in [-0.2, -0.15) is 0 Å². The predicted octanol–water partition coefficient (Wildman–Crippen LogP) is 3.16. The average molecular weight is 524 g/mol. The number of likely N-dealkylation sites (N-methyl/N-ethyl adjacent to an activating group) is 1. The van der Waals surface area contributed by atoms with Crippen LogP contribution in [0.25, 0.3) is 0 Å². The Balaban J connectivity index is 2.01. The van der Waals surface area contributed by atoms with Gasteiger partial charge in [-0.25, -0.2) is 8.42 Å².